The molecule has 3 N–H and O–H groups in total. The number of halogens is 2. The van der Waals surface area contributed by atoms with Crippen LogP contribution in [0.3, 0.4) is 0 Å². The summed E-state index contributed by atoms with van der Waals surface area (Å²) in [5.41, 5.74) is 5.99. The summed E-state index contributed by atoms with van der Waals surface area (Å²) >= 11 is 0. The van der Waals surface area contributed by atoms with E-state index < -0.39 is 11.6 Å². The second-order valence-electron chi connectivity index (χ2n) is 4.37. The van der Waals surface area contributed by atoms with Crippen molar-refractivity contribution in [2.24, 2.45) is 11.7 Å². The summed E-state index contributed by atoms with van der Waals surface area (Å²) in [5.74, 6) is -0.476. The summed E-state index contributed by atoms with van der Waals surface area (Å²) in [4.78, 5) is 0. The van der Waals surface area contributed by atoms with Crippen LogP contribution in [0.25, 0.3) is 0 Å². The minimum atomic E-state index is -0.532. The van der Waals surface area contributed by atoms with Gasteiger partial charge >= 0.3 is 0 Å². The fourth-order valence-electron chi connectivity index (χ4n) is 1.68. The smallest absolute Gasteiger partial charge is 0.129 e. The van der Waals surface area contributed by atoms with Crippen LogP contribution >= 0.6 is 0 Å². The second kappa shape index (κ2) is 7.35. The van der Waals surface area contributed by atoms with Crippen LogP contribution in [0.4, 0.5) is 8.78 Å². The summed E-state index contributed by atoms with van der Waals surface area (Å²) in [6, 6.07) is 3.71. The number of benzene rings is 1. The zero-order valence-corrected chi connectivity index (χ0v) is 10.2. The van der Waals surface area contributed by atoms with Crippen LogP contribution in [0.2, 0.25) is 0 Å². The Kier molecular flexibility index (Phi) is 6.08. The maximum Gasteiger partial charge on any atom is 0.129 e. The summed E-state index contributed by atoms with van der Waals surface area (Å²) < 4.78 is 25.9. The Balaban J connectivity index is 2.26. The average Bonchev–Trinajstić information content (AvgIpc) is 2.27. The molecule has 0 bridgehead atoms. The molecule has 4 heteroatoms. The Morgan fingerprint density at radius 1 is 1.35 bits per heavy atom. The van der Waals surface area contributed by atoms with Crippen molar-refractivity contribution in [3.05, 3.63) is 35.4 Å². The summed E-state index contributed by atoms with van der Waals surface area (Å²) in [7, 11) is 0. The highest BCUT2D eigenvalue weighted by atomic mass is 19.1. The number of nitrogens with two attached hydrogens (primary N) is 1. The van der Waals surface area contributed by atoms with Gasteiger partial charge in [0.15, 0.2) is 0 Å². The third kappa shape index (κ3) is 5.24. The fourth-order valence-corrected chi connectivity index (χ4v) is 1.68. The van der Waals surface area contributed by atoms with Gasteiger partial charge in [-0.2, -0.15) is 0 Å². The van der Waals surface area contributed by atoms with Crippen LogP contribution in [-0.2, 0) is 6.42 Å². The molecule has 0 radical (unpaired) electrons. The zero-order chi connectivity index (χ0) is 12.7. The van der Waals surface area contributed by atoms with Gasteiger partial charge in [-0.05, 0) is 50.0 Å². The fraction of sp³-hybridized carbons (Fsp3) is 0.538. The van der Waals surface area contributed by atoms with E-state index in [0.29, 0.717) is 31.0 Å². The molecule has 0 heterocycles. The van der Waals surface area contributed by atoms with E-state index in [1.807, 2.05) is 0 Å². The Hall–Kier alpha value is -1.00. The first-order valence-electron chi connectivity index (χ1n) is 5.98. The average molecular weight is 242 g/mol. The zero-order valence-electron chi connectivity index (χ0n) is 10.2. The predicted molar refractivity (Wildman–Crippen MR) is 65.8 cm³/mol. The van der Waals surface area contributed by atoms with Crippen LogP contribution in [0, 0.1) is 17.6 Å². The molecule has 0 aliphatic rings. The van der Waals surface area contributed by atoms with Crippen LogP contribution < -0.4 is 11.1 Å². The molecule has 0 saturated heterocycles. The highest BCUT2D eigenvalue weighted by molar-refractivity contribution is 5.18. The van der Waals surface area contributed by atoms with Gasteiger partial charge in [0.1, 0.15) is 11.6 Å². The van der Waals surface area contributed by atoms with Gasteiger partial charge in [-0.25, -0.2) is 8.78 Å². The quantitative estimate of drug-likeness (QED) is 0.718. The largest absolute Gasteiger partial charge is 0.330 e. The lowest BCUT2D eigenvalue weighted by Gasteiger charge is -2.11. The van der Waals surface area contributed by atoms with Crippen molar-refractivity contribution in [3.63, 3.8) is 0 Å². The summed E-state index contributed by atoms with van der Waals surface area (Å²) in [6.07, 6.45) is 1.55. The van der Waals surface area contributed by atoms with E-state index in [-0.39, 0.29) is 0 Å². The maximum atomic E-state index is 13.3. The van der Waals surface area contributed by atoms with Crippen LogP contribution in [-0.4, -0.2) is 19.6 Å². The standard InChI is InChI=1S/C13H20F2N2/c1-10(4-6-16)9-17-7-5-11-2-3-12(14)8-13(11)15/h2-3,8,10,17H,4-7,9,16H2,1H3. The Morgan fingerprint density at radius 3 is 2.76 bits per heavy atom. The SMILES string of the molecule is CC(CCN)CNCCc1ccc(F)cc1F. The van der Waals surface area contributed by atoms with E-state index in [9.17, 15) is 8.78 Å². The molecule has 17 heavy (non-hydrogen) atoms. The molecule has 1 unspecified atom stereocenters. The van der Waals surface area contributed by atoms with Crippen molar-refractivity contribution >= 4 is 0 Å². The van der Waals surface area contributed by atoms with Crippen molar-refractivity contribution in [1.29, 1.82) is 0 Å². The first-order valence-corrected chi connectivity index (χ1v) is 5.98. The van der Waals surface area contributed by atoms with Gasteiger partial charge in [0.05, 0.1) is 0 Å². The van der Waals surface area contributed by atoms with Crippen LogP contribution in [0.1, 0.15) is 18.9 Å². The molecule has 0 spiro atoms. The van der Waals surface area contributed by atoms with Gasteiger partial charge in [0, 0.05) is 6.07 Å². The lowest BCUT2D eigenvalue weighted by atomic mass is 10.1. The minimum Gasteiger partial charge on any atom is -0.330 e. The van der Waals surface area contributed by atoms with Gasteiger partial charge in [-0.3, -0.25) is 0 Å². The van der Waals surface area contributed by atoms with E-state index in [4.69, 9.17) is 5.73 Å². The second-order valence-corrected chi connectivity index (χ2v) is 4.37. The first-order chi connectivity index (χ1) is 8.13. The van der Waals surface area contributed by atoms with Crippen molar-refractivity contribution in [3.8, 4) is 0 Å². The summed E-state index contributed by atoms with van der Waals surface area (Å²) in [6.45, 7) is 4.38. The van der Waals surface area contributed by atoms with E-state index in [1.165, 1.54) is 12.1 Å². The topological polar surface area (TPSA) is 38.0 Å². The van der Waals surface area contributed by atoms with E-state index in [1.54, 1.807) is 0 Å². The van der Waals surface area contributed by atoms with Crippen molar-refractivity contribution in [1.82, 2.24) is 5.32 Å². The number of hydrogen-bond donors (Lipinski definition) is 2. The van der Waals surface area contributed by atoms with Crippen LogP contribution in [0.5, 0.6) is 0 Å². The molecule has 0 aromatic heterocycles. The third-order valence-corrected chi connectivity index (χ3v) is 2.74. The maximum absolute atomic E-state index is 13.3. The molecule has 1 atom stereocenters. The van der Waals surface area contributed by atoms with Crippen molar-refractivity contribution in [2.75, 3.05) is 19.6 Å². The van der Waals surface area contributed by atoms with Crippen molar-refractivity contribution in [2.45, 2.75) is 19.8 Å². The van der Waals surface area contributed by atoms with Crippen molar-refractivity contribution < 1.29 is 8.78 Å². The van der Waals surface area contributed by atoms with E-state index in [2.05, 4.69) is 12.2 Å². The van der Waals surface area contributed by atoms with Gasteiger partial charge in [0.25, 0.3) is 0 Å². The Bertz CT molecular complexity index is 342. The molecule has 1 rings (SSSR count). The number of nitrogens with one attached hydrogen (secondary N) is 1. The molecular weight excluding hydrogens is 222 g/mol. The van der Waals surface area contributed by atoms with Crippen LogP contribution in [0.15, 0.2) is 18.2 Å². The van der Waals surface area contributed by atoms with Gasteiger partial charge in [-0.1, -0.05) is 13.0 Å². The minimum absolute atomic E-state index is 0.471. The molecular formula is C13H20F2N2. The molecule has 0 fully saturated rings. The highest BCUT2D eigenvalue weighted by Gasteiger charge is 2.04. The predicted octanol–water partition coefficient (Wildman–Crippen LogP) is 2.08. The molecule has 0 amide bonds. The highest BCUT2D eigenvalue weighted by Crippen LogP contribution is 2.09. The first kappa shape index (κ1) is 14.1. The van der Waals surface area contributed by atoms with E-state index >= 15 is 0 Å². The lowest BCUT2D eigenvalue weighted by Crippen LogP contribution is -2.25. The molecule has 0 saturated carbocycles. The Morgan fingerprint density at radius 2 is 2.12 bits per heavy atom. The van der Waals surface area contributed by atoms with Gasteiger partial charge < -0.3 is 11.1 Å². The molecule has 0 aliphatic heterocycles. The summed E-state index contributed by atoms with van der Waals surface area (Å²) in [5, 5.41) is 3.24. The lowest BCUT2D eigenvalue weighted by molar-refractivity contribution is 0.486. The molecule has 1 aromatic rings. The molecule has 2 nitrogen and oxygen atoms in total. The Labute approximate surface area is 101 Å². The molecule has 1 aromatic carbocycles. The molecule has 0 aliphatic carbocycles. The monoisotopic (exact) mass is 242 g/mol. The van der Waals surface area contributed by atoms with Gasteiger partial charge in [-0.15, -0.1) is 0 Å². The number of hydrogen-bond acceptors (Lipinski definition) is 2. The number of rotatable bonds is 7. The normalized spacial score (nSPS) is 12.7. The van der Waals surface area contributed by atoms with E-state index in [0.717, 1.165) is 19.0 Å². The molecule has 96 valence electrons. The third-order valence-electron chi connectivity index (χ3n) is 2.74. The van der Waals surface area contributed by atoms with Gasteiger partial charge in [0.2, 0.25) is 0 Å².